The number of amides is 1. The molecule has 1 aromatic rings. The van der Waals surface area contributed by atoms with Crippen molar-refractivity contribution in [3.05, 3.63) is 17.5 Å². The molecule has 0 atom stereocenters. The highest BCUT2D eigenvalue weighted by Crippen LogP contribution is 2.12. The molecule has 21 heavy (non-hydrogen) atoms. The maximum atomic E-state index is 11.4. The zero-order valence-corrected chi connectivity index (χ0v) is 13.6. The number of nitrogens with two attached hydrogens (primary N) is 1. The van der Waals surface area contributed by atoms with E-state index in [0.29, 0.717) is 24.1 Å². The zero-order valence-electron chi connectivity index (χ0n) is 13.6. The van der Waals surface area contributed by atoms with Crippen molar-refractivity contribution >= 4 is 5.91 Å². The van der Waals surface area contributed by atoms with Crippen molar-refractivity contribution in [3.63, 3.8) is 0 Å². The minimum absolute atomic E-state index is 0.222. The lowest BCUT2D eigenvalue weighted by Gasteiger charge is -2.22. The number of carbonyl (C=O) groups is 1. The second-order valence-electron chi connectivity index (χ2n) is 6.29. The van der Waals surface area contributed by atoms with Gasteiger partial charge in [-0.15, -0.1) is 0 Å². The lowest BCUT2D eigenvalue weighted by atomic mass is 10.1. The first-order chi connectivity index (χ1) is 9.92. The average Bonchev–Trinajstić information content (AvgIpc) is 2.89. The molecule has 0 saturated heterocycles. The van der Waals surface area contributed by atoms with Gasteiger partial charge < -0.3 is 4.52 Å². The van der Waals surface area contributed by atoms with Gasteiger partial charge in [0.15, 0.2) is 11.5 Å². The van der Waals surface area contributed by atoms with Crippen LogP contribution in [0.4, 0.5) is 0 Å². The second kappa shape index (κ2) is 8.79. The Bertz CT molecular complexity index is 417. The van der Waals surface area contributed by atoms with Crippen molar-refractivity contribution in [1.29, 1.82) is 0 Å². The van der Waals surface area contributed by atoms with Gasteiger partial charge in [0, 0.05) is 6.07 Å². The maximum absolute atomic E-state index is 11.4. The molecule has 0 fully saturated rings. The van der Waals surface area contributed by atoms with Gasteiger partial charge in [-0.3, -0.25) is 15.1 Å². The summed E-state index contributed by atoms with van der Waals surface area (Å²) in [4.78, 5) is 13.7. The number of nitrogens with one attached hydrogen (secondary N) is 1. The minimum atomic E-state index is -0.430. The molecule has 0 bridgehead atoms. The third-order valence-electron chi connectivity index (χ3n) is 3.35. The minimum Gasteiger partial charge on any atom is -0.359 e. The van der Waals surface area contributed by atoms with Crippen LogP contribution in [0.2, 0.25) is 0 Å². The Morgan fingerprint density at radius 2 is 1.86 bits per heavy atom. The Balaban J connectivity index is 2.61. The highest BCUT2D eigenvalue weighted by atomic mass is 16.5. The lowest BCUT2D eigenvalue weighted by Crippen LogP contribution is -2.30. The Labute approximate surface area is 127 Å². The molecule has 6 nitrogen and oxygen atoms in total. The number of hydrogen-bond donors (Lipinski definition) is 2. The molecule has 1 rings (SSSR count). The molecule has 0 unspecified atom stereocenters. The third kappa shape index (κ3) is 6.73. The van der Waals surface area contributed by atoms with E-state index in [0.717, 1.165) is 25.9 Å². The third-order valence-corrected chi connectivity index (χ3v) is 3.35. The zero-order chi connectivity index (χ0) is 15.8. The summed E-state index contributed by atoms with van der Waals surface area (Å²) in [6.45, 7) is 11.6. The van der Waals surface area contributed by atoms with Gasteiger partial charge in [-0.25, -0.2) is 5.84 Å². The summed E-state index contributed by atoms with van der Waals surface area (Å²) < 4.78 is 5.22. The largest absolute Gasteiger partial charge is 0.359 e. The molecule has 0 aromatic carbocycles. The van der Waals surface area contributed by atoms with E-state index in [9.17, 15) is 4.79 Å². The Morgan fingerprint density at radius 1 is 1.29 bits per heavy atom. The summed E-state index contributed by atoms with van der Waals surface area (Å²) in [7, 11) is 0. The fourth-order valence-electron chi connectivity index (χ4n) is 1.94. The van der Waals surface area contributed by atoms with Gasteiger partial charge in [-0.1, -0.05) is 32.9 Å². The molecule has 1 amide bonds. The van der Waals surface area contributed by atoms with E-state index >= 15 is 0 Å². The molecule has 0 radical (unpaired) electrons. The fourth-order valence-corrected chi connectivity index (χ4v) is 1.94. The van der Waals surface area contributed by atoms with Gasteiger partial charge in [0.2, 0.25) is 0 Å². The van der Waals surface area contributed by atoms with Crippen LogP contribution in [0.15, 0.2) is 10.6 Å². The van der Waals surface area contributed by atoms with E-state index in [4.69, 9.17) is 10.4 Å². The normalized spacial score (nSPS) is 11.6. The molecule has 0 aliphatic carbocycles. The van der Waals surface area contributed by atoms with Crippen LogP contribution in [0.25, 0.3) is 0 Å². The van der Waals surface area contributed by atoms with Crippen molar-refractivity contribution in [1.82, 2.24) is 15.5 Å². The second-order valence-corrected chi connectivity index (χ2v) is 6.29. The van der Waals surface area contributed by atoms with Crippen molar-refractivity contribution in [2.45, 2.75) is 47.1 Å². The quantitative estimate of drug-likeness (QED) is 0.414. The number of nitrogens with zero attached hydrogens (tertiary/aromatic N) is 2. The van der Waals surface area contributed by atoms with Gasteiger partial charge in [0.05, 0.1) is 6.54 Å². The molecule has 6 heteroatoms. The van der Waals surface area contributed by atoms with Crippen LogP contribution in [-0.4, -0.2) is 29.1 Å². The first kappa shape index (κ1) is 17.7. The van der Waals surface area contributed by atoms with Crippen LogP contribution in [0.3, 0.4) is 0 Å². The lowest BCUT2D eigenvalue weighted by molar-refractivity contribution is 0.0944. The molecule has 0 aliphatic heterocycles. The van der Waals surface area contributed by atoms with Crippen LogP contribution in [0.5, 0.6) is 0 Å². The highest BCUT2D eigenvalue weighted by Gasteiger charge is 2.14. The van der Waals surface area contributed by atoms with Crippen molar-refractivity contribution in [2.24, 2.45) is 17.7 Å². The molecule has 0 aliphatic rings. The van der Waals surface area contributed by atoms with Gasteiger partial charge in [0.25, 0.3) is 5.91 Å². The smallest absolute Gasteiger partial charge is 0.287 e. The molecule has 0 spiro atoms. The molecule has 1 aromatic heterocycles. The number of hydrogen-bond acceptors (Lipinski definition) is 5. The first-order valence-electron chi connectivity index (χ1n) is 7.61. The van der Waals surface area contributed by atoms with Gasteiger partial charge in [-0.2, -0.15) is 0 Å². The van der Waals surface area contributed by atoms with Gasteiger partial charge in [-0.05, 0) is 37.8 Å². The van der Waals surface area contributed by atoms with E-state index < -0.39 is 5.91 Å². The molecular formula is C15H28N4O2. The molecule has 120 valence electrons. The number of aromatic nitrogens is 1. The molecule has 3 N–H and O–H groups in total. The molecule has 0 saturated carbocycles. The Morgan fingerprint density at radius 3 is 2.33 bits per heavy atom. The van der Waals surface area contributed by atoms with Crippen LogP contribution in [0, 0.1) is 11.8 Å². The van der Waals surface area contributed by atoms with Crippen molar-refractivity contribution in [2.75, 3.05) is 13.1 Å². The predicted octanol–water partition coefficient (Wildman–Crippen LogP) is 2.17. The number of hydrazine groups is 1. The van der Waals surface area contributed by atoms with Crippen LogP contribution >= 0.6 is 0 Å². The molecule has 1 heterocycles. The summed E-state index contributed by atoms with van der Waals surface area (Å²) in [6, 6.07) is 1.65. The predicted molar refractivity (Wildman–Crippen MR) is 82.3 cm³/mol. The highest BCUT2D eigenvalue weighted by molar-refractivity contribution is 5.91. The first-order valence-corrected chi connectivity index (χ1v) is 7.61. The number of carbonyl (C=O) groups excluding carboxylic acids is 1. The molecular weight excluding hydrogens is 268 g/mol. The fraction of sp³-hybridized carbons (Fsp3) is 0.733. The summed E-state index contributed by atoms with van der Waals surface area (Å²) in [6.07, 6.45) is 2.28. The van der Waals surface area contributed by atoms with E-state index in [-0.39, 0.29) is 5.69 Å². The Hall–Kier alpha value is -1.40. The van der Waals surface area contributed by atoms with E-state index in [1.165, 1.54) is 0 Å². The average molecular weight is 296 g/mol. The summed E-state index contributed by atoms with van der Waals surface area (Å²) in [5, 5.41) is 3.74. The van der Waals surface area contributed by atoms with Crippen LogP contribution < -0.4 is 11.3 Å². The maximum Gasteiger partial charge on any atom is 0.287 e. The Kier molecular flexibility index (Phi) is 7.39. The van der Waals surface area contributed by atoms with Crippen LogP contribution in [0.1, 0.15) is 56.8 Å². The van der Waals surface area contributed by atoms with Gasteiger partial charge in [0.1, 0.15) is 0 Å². The summed E-state index contributed by atoms with van der Waals surface area (Å²) in [5.74, 6) is 6.68. The number of rotatable bonds is 9. The topological polar surface area (TPSA) is 84.4 Å². The van der Waals surface area contributed by atoms with Gasteiger partial charge >= 0.3 is 0 Å². The van der Waals surface area contributed by atoms with Crippen LogP contribution in [-0.2, 0) is 6.54 Å². The standard InChI is InChI=1S/C15H28N4O2/c1-11(2)5-7-19(8-6-12(3)4)10-13-9-14(18-21-13)15(20)17-16/h9,11-12H,5-8,10,16H2,1-4H3,(H,17,20). The van der Waals surface area contributed by atoms with Crippen molar-refractivity contribution < 1.29 is 9.32 Å². The summed E-state index contributed by atoms with van der Waals surface area (Å²) >= 11 is 0. The van der Waals surface area contributed by atoms with Crippen molar-refractivity contribution in [3.8, 4) is 0 Å². The van der Waals surface area contributed by atoms with E-state index in [2.05, 4.69) is 43.2 Å². The SMILES string of the molecule is CC(C)CCN(CCC(C)C)Cc1cc(C(=O)NN)no1. The van der Waals surface area contributed by atoms with E-state index in [1.807, 2.05) is 0 Å². The summed E-state index contributed by atoms with van der Waals surface area (Å²) in [5.41, 5.74) is 2.28. The monoisotopic (exact) mass is 296 g/mol. The number of nitrogen functional groups attached to an aromatic ring is 1. The van der Waals surface area contributed by atoms with E-state index in [1.54, 1.807) is 6.07 Å².